The summed E-state index contributed by atoms with van der Waals surface area (Å²) in [7, 11) is 0. The summed E-state index contributed by atoms with van der Waals surface area (Å²) in [6, 6.07) is 13.3. The summed E-state index contributed by atoms with van der Waals surface area (Å²) in [6.07, 6.45) is 0. The lowest BCUT2D eigenvalue weighted by Crippen LogP contribution is -2.17. The molecule has 132 valence electrons. The lowest BCUT2D eigenvalue weighted by Gasteiger charge is -2.07. The molecule has 7 nitrogen and oxygen atoms in total. The van der Waals surface area contributed by atoms with E-state index in [4.69, 9.17) is 14.0 Å². The van der Waals surface area contributed by atoms with Crippen molar-refractivity contribution in [3.8, 4) is 22.9 Å². The monoisotopic (exact) mass is 352 g/mol. The minimum atomic E-state index is -0.538. The quantitative estimate of drug-likeness (QED) is 0.382. The summed E-state index contributed by atoms with van der Waals surface area (Å²) in [5, 5.41) is 3.82. The van der Waals surface area contributed by atoms with Crippen molar-refractivity contribution in [3.63, 3.8) is 0 Å². The molecule has 0 fully saturated rings. The van der Waals surface area contributed by atoms with E-state index in [-0.39, 0.29) is 12.4 Å². The molecule has 3 aromatic rings. The Bertz CT molecular complexity index is 914. The molecule has 7 heteroatoms. The average Bonchev–Trinajstić information content (AvgIpc) is 3.07. The van der Waals surface area contributed by atoms with Crippen LogP contribution in [0.1, 0.15) is 23.2 Å². The first-order valence-corrected chi connectivity index (χ1v) is 7.86. The van der Waals surface area contributed by atoms with Gasteiger partial charge < -0.3 is 14.0 Å². The van der Waals surface area contributed by atoms with E-state index >= 15 is 0 Å². The van der Waals surface area contributed by atoms with Crippen LogP contribution in [0.3, 0.4) is 0 Å². The number of rotatable bonds is 6. The number of esters is 1. The van der Waals surface area contributed by atoms with Crippen molar-refractivity contribution >= 4 is 11.8 Å². The largest absolute Gasteiger partial charge is 0.482 e. The summed E-state index contributed by atoms with van der Waals surface area (Å²) in [6.45, 7) is 2.95. The Morgan fingerprint density at radius 3 is 2.23 bits per heavy atom. The van der Waals surface area contributed by atoms with Gasteiger partial charge in [-0.15, -0.1) is 0 Å². The number of benzene rings is 2. The van der Waals surface area contributed by atoms with Crippen LogP contribution in [0.15, 0.2) is 53.1 Å². The van der Waals surface area contributed by atoms with E-state index in [2.05, 4.69) is 10.1 Å². The van der Waals surface area contributed by atoms with Gasteiger partial charge in [-0.3, -0.25) is 4.79 Å². The molecule has 0 amide bonds. The second kappa shape index (κ2) is 7.60. The topological polar surface area (TPSA) is 91.5 Å². The number of aromatic nitrogens is 2. The van der Waals surface area contributed by atoms with Crippen LogP contribution in [-0.2, 0) is 4.79 Å². The van der Waals surface area contributed by atoms with Gasteiger partial charge in [-0.05, 0) is 55.5 Å². The van der Waals surface area contributed by atoms with Crippen LogP contribution in [0.2, 0.25) is 0 Å². The van der Waals surface area contributed by atoms with Crippen LogP contribution in [0.4, 0.5) is 0 Å². The molecular weight excluding hydrogens is 336 g/mol. The highest BCUT2D eigenvalue weighted by Gasteiger charge is 2.09. The number of hydrogen-bond donors (Lipinski definition) is 0. The fourth-order valence-electron chi connectivity index (χ4n) is 2.18. The normalized spacial score (nSPS) is 10.4. The first-order chi connectivity index (χ1) is 12.5. The summed E-state index contributed by atoms with van der Waals surface area (Å²) < 4.78 is 15.5. The molecule has 1 heterocycles. The Labute approximate surface area is 149 Å². The highest BCUT2D eigenvalue weighted by Crippen LogP contribution is 2.20. The van der Waals surface area contributed by atoms with Crippen LogP contribution < -0.4 is 9.47 Å². The molecule has 0 unspecified atom stereocenters. The minimum absolute atomic E-state index is 0.0320. The lowest BCUT2D eigenvalue weighted by molar-refractivity contribution is -0.136. The number of Topliss-reactive ketones (excluding diaryl/α,β-unsaturated/α-hetero) is 1. The first kappa shape index (κ1) is 17.3. The number of nitrogens with zero attached hydrogens (tertiary/aromatic N) is 2. The van der Waals surface area contributed by atoms with Crippen molar-refractivity contribution in [2.45, 2.75) is 13.8 Å². The van der Waals surface area contributed by atoms with Crippen molar-refractivity contribution in [1.29, 1.82) is 0 Å². The first-order valence-electron chi connectivity index (χ1n) is 7.86. The SMILES string of the molecule is CC(=O)c1ccc(OCC(=O)Oc2ccc(-c3noc(C)n3)cc2)cc1. The van der Waals surface area contributed by atoms with Gasteiger partial charge in [0.05, 0.1) is 0 Å². The second-order valence-corrected chi connectivity index (χ2v) is 5.50. The van der Waals surface area contributed by atoms with E-state index in [0.717, 1.165) is 5.56 Å². The maximum absolute atomic E-state index is 11.9. The van der Waals surface area contributed by atoms with E-state index in [1.54, 1.807) is 55.5 Å². The van der Waals surface area contributed by atoms with Gasteiger partial charge in [0.2, 0.25) is 11.7 Å². The molecule has 0 radical (unpaired) electrons. The highest BCUT2D eigenvalue weighted by molar-refractivity contribution is 5.94. The van der Waals surface area contributed by atoms with E-state index in [9.17, 15) is 9.59 Å². The van der Waals surface area contributed by atoms with Crippen LogP contribution in [-0.4, -0.2) is 28.5 Å². The standard InChI is InChI=1S/C19H16N2O5/c1-12(22)14-3-7-16(8-4-14)24-11-18(23)25-17-9-5-15(6-10-17)19-20-13(2)26-21-19/h3-10H,11H2,1-2H3. The number of hydrogen-bond acceptors (Lipinski definition) is 7. The number of aryl methyl sites for hydroxylation is 1. The maximum Gasteiger partial charge on any atom is 0.349 e. The van der Waals surface area contributed by atoms with Crippen LogP contribution in [0.5, 0.6) is 11.5 Å². The molecule has 0 atom stereocenters. The van der Waals surface area contributed by atoms with Crippen molar-refractivity contribution in [2.75, 3.05) is 6.61 Å². The van der Waals surface area contributed by atoms with Crippen molar-refractivity contribution < 1.29 is 23.6 Å². The van der Waals surface area contributed by atoms with Crippen molar-refractivity contribution in [3.05, 3.63) is 60.0 Å². The van der Waals surface area contributed by atoms with Gasteiger partial charge in [0, 0.05) is 18.1 Å². The van der Waals surface area contributed by atoms with Gasteiger partial charge in [0.1, 0.15) is 11.5 Å². The van der Waals surface area contributed by atoms with Gasteiger partial charge in [0.25, 0.3) is 0 Å². The Morgan fingerprint density at radius 1 is 1.00 bits per heavy atom. The van der Waals surface area contributed by atoms with Crippen LogP contribution >= 0.6 is 0 Å². The van der Waals surface area contributed by atoms with Gasteiger partial charge in [-0.25, -0.2) is 4.79 Å². The minimum Gasteiger partial charge on any atom is -0.482 e. The molecule has 0 aliphatic rings. The van der Waals surface area contributed by atoms with E-state index in [1.807, 2.05) is 0 Å². The number of carbonyl (C=O) groups is 2. The van der Waals surface area contributed by atoms with Crippen molar-refractivity contribution in [2.24, 2.45) is 0 Å². The fraction of sp³-hybridized carbons (Fsp3) is 0.158. The van der Waals surface area contributed by atoms with E-state index in [0.29, 0.717) is 28.8 Å². The Hall–Kier alpha value is -3.48. The molecule has 0 aliphatic heterocycles. The highest BCUT2D eigenvalue weighted by atomic mass is 16.6. The third-order valence-corrected chi connectivity index (χ3v) is 3.49. The molecule has 0 saturated carbocycles. The summed E-state index contributed by atoms with van der Waals surface area (Å²) in [4.78, 5) is 27.2. The molecule has 0 aliphatic carbocycles. The number of carbonyl (C=O) groups excluding carboxylic acids is 2. The smallest absolute Gasteiger partial charge is 0.349 e. The predicted molar refractivity (Wildman–Crippen MR) is 92.0 cm³/mol. The van der Waals surface area contributed by atoms with Gasteiger partial charge in [-0.2, -0.15) is 4.98 Å². The van der Waals surface area contributed by atoms with Gasteiger partial charge in [0.15, 0.2) is 12.4 Å². The van der Waals surface area contributed by atoms with Gasteiger partial charge >= 0.3 is 5.97 Å². The lowest BCUT2D eigenvalue weighted by atomic mass is 10.1. The number of ether oxygens (including phenoxy) is 2. The molecule has 0 bridgehead atoms. The molecule has 2 aromatic carbocycles. The zero-order chi connectivity index (χ0) is 18.5. The van der Waals surface area contributed by atoms with Crippen LogP contribution in [0.25, 0.3) is 11.4 Å². The summed E-state index contributed by atoms with van der Waals surface area (Å²) in [5.41, 5.74) is 1.33. The fourth-order valence-corrected chi connectivity index (χ4v) is 2.18. The van der Waals surface area contributed by atoms with Crippen LogP contribution in [0, 0.1) is 6.92 Å². The zero-order valence-corrected chi connectivity index (χ0v) is 14.3. The van der Waals surface area contributed by atoms with Crippen molar-refractivity contribution in [1.82, 2.24) is 10.1 Å². The van der Waals surface area contributed by atoms with Gasteiger partial charge in [-0.1, -0.05) is 5.16 Å². The molecular formula is C19H16N2O5. The summed E-state index contributed by atoms with van der Waals surface area (Å²) in [5.74, 6) is 1.24. The Kier molecular flexibility index (Phi) is 5.07. The molecule has 1 aromatic heterocycles. The molecule has 3 rings (SSSR count). The third kappa shape index (κ3) is 4.32. The Morgan fingerprint density at radius 2 is 1.65 bits per heavy atom. The molecule has 0 spiro atoms. The molecule has 26 heavy (non-hydrogen) atoms. The zero-order valence-electron chi connectivity index (χ0n) is 14.3. The summed E-state index contributed by atoms with van der Waals surface area (Å²) >= 11 is 0. The average molecular weight is 352 g/mol. The molecule has 0 saturated heterocycles. The second-order valence-electron chi connectivity index (χ2n) is 5.50. The molecule has 0 N–H and O–H groups in total. The van der Waals surface area contributed by atoms with E-state index in [1.165, 1.54) is 6.92 Å². The maximum atomic E-state index is 11.9. The Balaban J connectivity index is 1.53. The third-order valence-electron chi connectivity index (χ3n) is 3.49. The van der Waals surface area contributed by atoms with E-state index < -0.39 is 5.97 Å². The predicted octanol–water partition coefficient (Wildman–Crippen LogP) is 3.23. The number of ketones is 1.